The molecular weight excluding hydrogens is 275 g/mol. The highest BCUT2D eigenvalue weighted by atomic mass is 19.1. The monoisotopic (exact) mass is 292 g/mol. The smallest absolute Gasteiger partial charge is 0.221 e. The molecule has 0 spiro atoms. The predicted octanol–water partition coefficient (Wildman–Crippen LogP) is 0.831. The van der Waals surface area contributed by atoms with E-state index in [0.717, 1.165) is 0 Å². The normalized spacial score (nSPS) is 13.7. The third kappa shape index (κ3) is 4.35. The number of carbonyl (C=O) groups is 1. The number of nitrogens with one attached hydrogen (secondary N) is 1. The summed E-state index contributed by atoms with van der Waals surface area (Å²) in [6.07, 6.45) is 3.17. The second kappa shape index (κ2) is 6.45. The summed E-state index contributed by atoms with van der Waals surface area (Å²) in [6.45, 7) is 2.04. The summed E-state index contributed by atoms with van der Waals surface area (Å²) in [5.41, 5.74) is -0.711. The Morgan fingerprint density at radius 2 is 2.14 bits per heavy atom. The Balaban J connectivity index is 1.83. The molecule has 0 aliphatic rings. The number of benzene rings is 1. The van der Waals surface area contributed by atoms with E-state index in [9.17, 15) is 14.3 Å². The van der Waals surface area contributed by atoms with Gasteiger partial charge in [0.15, 0.2) is 0 Å². The first-order valence-corrected chi connectivity index (χ1v) is 6.55. The van der Waals surface area contributed by atoms with Gasteiger partial charge in [-0.15, -0.1) is 0 Å². The Bertz CT molecular complexity index is 582. The van der Waals surface area contributed by atoms with E-state index in [-0.39, 0.29) is 24.7 Å². The quantitative estimate of drug-likeness (QED) is 0.826. The number of hydrogen-bond acceptors (Lipinski definition) is 4. The third-order valence-corrected chi connectivity index (χ3v) is 3.13. The summed E-state index contributed by atoms with van der Waals surface area (Å²) in [7, 11) is 0. The zero-order valence-corrected chi connectivity index (χ0v) is 11.7. The highest BCUT2D eigenvalue weighted by Crippen LogP contribution is 2.19. The van der Waals surface area contributed by atoms with Gasteiger partial charge < -0.3 is 10.4 Å². The van der Waals surface area contributed by atoms with Crippen LogP contribution in [0, 0.1) is 5.82 Å². The molecule has 7 heteroatoms. The fraction of sp³-hybridized carbons (Fsp3) is 0.357. The molecule has 1 heterocycles. The van der Waals surface area contributed by atoms with Crippen LogP contribution in [0.3, 0.4) is 0 Å². The van der Waals surface area contributed by atoms with Crippen molar-refractivity contribution < 1.29 is 14.3 Å². The van der Waals surface area contributed by atoms with Crippen molar-refractivity contribution in [2.45, 2.75) is 25.5 Å². The van der Waals surface area contributed by atoms with Crippen LogP contribution in [0.4, 0.5) is 4.39 Å². The fourth-order valence-corrected chi connectivity index (χ4v) is 1.83. The number of aryl methyl sites for hydroxylation is 1. The minimum Gasteiger partial charge on any atom is -0.384 e. The Labute approximate surface area is 121 Å². The second-order valence-electron chi connectivity index (χ2n) is 4.97. The van der Waals surface area contributed by atoms with Crippen molar-refractivity contribution in [1.82, 2.24) is 20.1 Å². The van der Waals surface area contributed by atoms with Crippen LogP contribution < -0.4 is 5.32 Å². The number of halogens is 1. The first kappa shape index (κ1) is 15.1. The largest absolute Gasteiger partial charge is 0.384 e. The van der Waals surface area contributed by atoms with Crippen molar-refractivity contribution in [2.75, 3.05) is 6.54 Å². The maximum atomic E-state index is 12.9. The van der Waals surface area contributed by atoms with Crippen molar-refractivity contribution in [3.63, 3.8) is 0 Å². The SMILES string of the molecule is CC(O)(CNC(=O)CCn1cncn1)c1ccc(F)cc1. The molecule has 112 valence electrons. The average molecular weight is 292 g/mol. The lowest BCUT2D eigenvalue weighted by Crippen LogP contribution is -2.38. The number of hydrogen-bond donors (Lipinski definition) is 2. The molecule has 0 fully saturated rings. The Morgan fingerprint density at radius 3 is 2.76 bits per heavy atom. The maximum Gasteiger partial charge on any atom is 0.221 e. The molecule has 6 nitrogen and oxygen atoms in total. The summed E-state index contributed by atoms with van der Waals surface area (Å²) in [6, 6.07) is 5.54. The molecular formula is C14H17FN4O2. The van der Waals surface area contributed by atoms with E-state index in [4.69, 9.17) is 0 Å². The second-order valence-corrected chi connectivity index (χ2v) is 4.97. The van der Waals surface area contributed by atoms with Crippen molar-refractivity contribution in [3.05, 3.63) is 48.3 Å². The van der Waals surface area contributed by atoms with Gasteiger partial charge in [-0.05, 0) is 24.6 Å². The van der Waals surface area contributed by atoms with E-state index in [1.54, 1.807) is 11.6 Å². The third-order valence-electron chi connectivity index (χ3n) is 3.13. The van der Waals surface area contributed by atoms with Gasteiger partial charge in [0, 0.05) is 6.42 Å². The van der Waals surface area contributed by atoms with Gasteiger partial charge in [0.25, 0.3) is 0 Å². The van der Waals surface area contributed by atoms with Crippen LogP contribution in [0.1, 0.15) is 18.9 Å². The van der Waals surface area contributed by atoms with E-state index in [2.05, 4.69) is 15.4 Å². The van der Waals surface area contributed by atoms with Crippen LogP contribution in [0.2, 0.25) is 0 Å². The average Bonchev–Trinajstić information content (AvgIpc) is 2.97. The Morgan fingerprint density at radius 1 is 1.43 bits per heavy atom. The van der Waals surface area contributed by atoms with Gasteiger partial charge >= 0.3 is 0 Å². The summed E-state index contributed by atoms with van der Waals surface area (Å²) in [5, 5.41) is 16.9. The summed E-state index contributed by atoms with van der Waals surface area (Å²) in [5.74, 6) is -0.570. The van der Waals surface area contributed by atoms with Crippen LogP contribution in [-0.2, 0) is 16.9 Å². The molecule has 0 saturated heterocycles. The highest BCUT2D eigenvalue weighted by molar-refractivity contribution is 5.75. The summed E-state index contributed by atoms with van der Waals surface area (Å²) in [4.78, 5) is 15.5. The number of rotatable bonds is 6. The Hall–Kier alpha value is -2.28. The molecule has 2 rings (SSSR count). The number of amides is 1. The van der Waals surface area contributed by atoms with Crippen molar-refractivity contribution in [3.8, 4) is 0 Å². The number of aliphatic hydroxyl groups is 1. The molecule has 0 aliphatic carbocycles. The zero-order chi connectivity index (χ0) is 15.3. The van der Waals surface area contributed by atoms with E-state index < -0.39 is 5.60 Å². The molecule has 0 aliphatic heterocycles. The molecule has 1 atom stereocenters. The lowest BCUT2D eigenvalue weighted by molar-refractivity contribution is -0.122. The van der Waals surface area contributed by atoms with Crippen LogP contribution in [0.5, 0.6) is 0 Å². The number of nitrogens with zero attached hydrogens (tertiary/aromatic N) is 3. The van der Waals surface area contributed by atoms with Gasteiger partial charge in [-0.2, -0.15) is 5.10 Å². The van der Waals surface area contributed by atoms with Gasteiger partial charge in [0.05, 0.1) is 13.1 Å². The molecule has 2 aromatic rings. The van der Waals surface area contributed by atoms with Gasteiger partial charge in [-0.25, -0.2) is 9.37 Å². The van der Waals surface area contributed by atoms with Crippen LogP contribution in [0.15, 0.2) is 36.9 Å². The van der Waals surface area contributed by atoms with Crippen molar-refractivity contribution >= 4 is 5.91 Å². The molecule has 1 unspecified atom stereocenters. The van der Waals surface area contributed by atoms with Crippen molar-refractivity contribution in [2.24, 2.45) is 0 Å². The van der Waals surface area contributed by atoms with Gasteiger partial charge in [-0.1, -0.05) is 12.1 Å². The van der Waals surface area contributed by atoms with Crippen molar-refractivity contribution in [1.29, 1.82) is 0 Å². The summed E-state index contributed by atoms with van der Waals surface area (Å²) >= 11 is 0. The van der Waals surface area contributed by atoms with E-state index in [1.807, 2.05) is 0 Å². The standard InChI is InChI=1S/C14H17FN4O2/c1-14(21,11-2-4-12(15)5-3-11)8-17-13(20)6-7-19-10-16-9-18-19/h2-5,9-10,21H,6-8H2,1H3,(H,17,20). The number of aromatic nitrogens is 3. The minimum atomic E-state index is -1.25. The Kier molecular flexibility index (Phi) is 4.64. The molecule has 0 radical (unpaired) electrons. The van der Waals surface area contributed by atoms with Gasteiger partial charge in [-0.3, -0.25) is 9.48 Å². The predicted molar refractivity (Wildman–Crippen MR) is 73.6 cm³/mol. The molecule has 1 aromatic carbocycles. The maximum absolute atomic E-state index is 12.9. The lowest BCUT2D eigenvalue weighted by Gasteiger charge is -2.24. The molecule has 0 bridgehead atoms. The first-order chi connectivity index (χ1) is 9.97. The molecule has 21 heavy (non-hydrogen) atoms. The topological polar surface area (TPSA) is 80.0 Å². The fourth-order valence-electron chi connectivity index (χ4n) is 1.83. The van der Waals surface area contributed by atoms with E-state index >= 15 is 0 Å². The van der Waals surface area contributed by atoms with Gasteiger partial charge in [0.2, 0.25) is 5.91 Å². The molecule has 0 saturated carbocycles. The summed E-state index contributed by atoms with van der Waals surface area (Å²) < 4.78 is 14.4. The van der Waals surface area contributed by atoms with Crippen LogP contribution >= 0.6 is 0 Å². The van der Waals surface area contributed by atoms with E-state index in [1.165, 1.54) is 36.9 Å². The van der Waals surface area contributed by atoms with E-state index in [0.29, 0.717) is 12.1 Å². The minimum absolute atomic E-state index is 0.0504. The highest BCUT2D eigenvalue weighted by Gasteiger charge is 2.23. The molecule has 2 N–H and O–H groups in total. The van der Waals surface area contributed by atoms with Crippen LogP contribution in [0.25, 0.3) is 0 Å². The first-order valence-electron chi connectivity index (χ1n) is 6.55. The lowest BCUT2D eigenvalue weighted by atomic mass is 9.96. The zero-order valence-electron chi connectivity index (χ0n) is 11.7. The van der Waals surface area contributed by atoms with Crippen LogP contribution in [-0.4, -0.2) is 32.3 Å². The molecule has 1 aromatic heterocycles. The number of carbonyl (C=O) groups excluding carboxylic acids is 1. The molecule has 1 amide bonds. The van der Waals surface area contributed by atoms with Gasteiger partial charge in [0.1, 0.15) is 24.1 Å².